The van der Waals surface area contributed by atoms with E-state index in [1.165, 1.54) is 12.1 Å². The molecule has 1 atom stereocenters. The predicted octanol–water partition coefficient (Wildman–Crippen LogP) is 2.93. The lowest BCUT2D eigenvalue weighted by molar-refractivity contribution is -0.118. The van der Waals surface area contributed by atoms with Crippen LogP contribution in [0.25, 0.3) is 0 Å². The van der Waals surface area contributed by atoms with Crippen LogP contribution in [0.5, 0.6) is 0 Å². The minimum Gasteiger partial charge on any atom is -0.392 e. The summed E-state index contributed by atoms with van der Waals surface area (Å²) in [4.78, 5) is 11.5. The molecule has 0 saturated heterocycles. The molecular weight excluding hydrogens is 289 g/mol. The van der Waals surface area contributed by atoms with Crippen molar-refractivity contribution in [2.45, 2.75) is 26.4 Å². The molecule has 1 unspecified atom stereocenters. The lowest BCUT2D eigenvalue weighted by Gasteiger charge is -2.14. The van der Waals surface area contributed by atoms with Crippen LogP contribution in [0.15, 0.2) is 22.7 Å². The van der Waals surface area contributed by atoms with Gasteiger partial charge >= 0.3 is 0 Å². The van der Waals surface area contributed by atoms with Gasteiger partial charge in [-0.15, -0.1) is 0 Å². The molecule has 3 nitrogen and oxygen atoms in total. The highest BCUT2D eigenvalue weighted by Crippen LogP contribution is 2.19. The maximum absolute atomic E-state index is 13.4. The molecule has 1 amide bonds. The average Bonchev–Trinajstić information content (AvgIpc) is 2.22. The number of aliphatic hydroxyl groups excluding tert-OH is 1. The zero-order valence-electron chi connectivity index (χ0n) is 9.71. The Hall–Kier alpha value is -0.940. The Morgan fingerprint density at radius 2 is 2.18 bits per heavy atom. The van der Waals surface area contributed by atoms with Crippen LogP contribution in [0, 0.1) is 11.7 Å². The molecule has 5 heteroatoms. The van der Waals surface area contributed by atoms with Crippen molar-refractivity contribution in [3.8, 4) is 0 Å². The van der Waals surface area contributed by atoms with Gasteiger partial charge in [-0.3, -0.25) is 4.79 Å². The topological polar surface area (TPSA) is 49.3 Å². The van der Waals surface area contributed by atoms with Crippen LogP contribution in [0.1, 0.15) is 20.3 Å². The van der Waals surface area contributed by atoms with Gasteiger partial charge in [0.25, 0.3) is 0 Å². The minimum absolute atomic E-state index is 0.00415. The molecular formula is C12H15BrFNO2. The summed E-state index contributed by atoms with van der Waals surface area (Å²) in [6.45, 7) is 3.64. The third-order valence-electron chi connectivity index (χ3n) is 2.37. The molecule has 2 N–H and O–H groups in total. The van der Waals surface area contributed by atoms with Gasteiger partial charge in [-0.1, -0.05) is 29.8 Å². The smallest absolute Gasteiger partial charge is 0.227 e. The van der Waals surface area contributed by atoms with E-state index in [0.29, 0.717) is 4.47 Å². The zero-order chi connectivity index (χ0) is 13.0. The van der Waals surface area contributed by atoms with Crippen molar-refractivity contribution < 1.29 is 14.3 Å². The maximum atomic E-state index is 13.4. The zero-order valence-corrected chi connectivity index (χ0v) is 11.3. The molecule has 0 spiro atoms. The first-order chi connectivity index (χ1) is 7.90. The van der Waals surface area contributed by atoms with Gasteiger partial charge in [-0.2, -0.15) is 0 Å². The summed E-state index contributed by atoms with van der Waals surface area (Å²) in [5.74, 6) is -0.908. The standard InChI is InChI=1S/C12H15BrFNO2/c1-7(2)11(16)6-12(17)15-10-4-3-8(13)5-9(10)14/h3-5,7,11,16H,6H2,1-2H3,(H,15,17). The fourth-order valence-electron chi connectivity index (χ4n) is 1.22. The van der Waals surface area contributed by atoms with Gasteiger partial charge in [-0.05, 0) is 24.1 Å². The largest absolute Gasteiger partial charge is 0.392 e. The van der Waals surface area contributed by atoms with Crippen molar-refractivity contribution in [3.63, 3.8) is 0 Å². The summed E-state index contributed by atoms with van der Waals surface area (Å²) >= 11 is 3.13. The number of aliphatic hydroxyl groups is 1. The quantitative estimate of drug-likeness (QED) is 0.898. The molecule has 0 saturated carbocycles. The lowest BCUT2D eigenvalue weighted by Crippen LogP contribution is -2.24. The Morgan fingerprint density at radius 3 is 2.71 bits per heavy atom. The van der Waals surface area contributed by atoms with Crippen molar-refractivity contribution >= 4 is 27.5 Å². The molecule has 1 aromatic carbocycles. The predicted molar refractivity (Wildman–Crippen MR) is 68.2 cm³/mol. The second-order valence-corrected chi connectivity index (χ2v) is 5.10. The highest BCUT2D eigenvalue weighted by Gasteiger charge is 2.15. The van der Waals surface area contributed by atoms with Crippen LogP contribution >= 0.6 is 15.9 Å². The average molecular weight is 304 g/mol. The maximum Gasteiger partial charge on any atom is 0.227 e. The Balaban J connectivity index is 2.62. The van der Waals surface area contributed by atoms with E-state index in [9.17, 15) is 14.3 Å². The number of anilines is 1. The van der Waals surface area contributed by atoms with E-state index in [4.69, 9.17) is 0 Å². The Kier molecular flexibility index (Phi) is 5.08. The van der Waals surface area contributed by atoms with Crippen molar-refractivity contribution in [3.05, 3.63) is 28.5 Å². The number of nitrogens with one attached hydrogen (secondary N) is 1. The summed E-state index contributed by atoms with van der Waals surface area (Å²) in [7, 11) is 0. The highest BCUT2D eigenvalue weighted by molar-refractivity contribution is 9.10. The first-order valence-corrected chi connectivity index (χ1v) is 6.12. The summed E-state index contributed by atoms with van der Waals surface area (Å²) in [6, 6.07) is 4.38. The van der Waals surface area contributed by atoms with Gasteiger partial charge in [0.1, 0.15) is 5.82 Å². The van der Waals surface area contributed by atoms with Crippen molar-refractivity contribution in [1.82, 2.24) is 0 Å². The second kappa shape index (κ2) is 6.12. The molecule has 0 aliphatic carbocycles. The molecule has 0 bridgehead atoms. The number of carbonyl (C=O) groups is 1. The van der Waals surface area contributed by atoms with E-state index < -0.39 is 17.8 Å². The van der Waals surface area contributed by atoms with E-state index in [0.717, 1.165) is 0 Å². The Morgan fingerprint density at radius 1 is 1.53 bits per heavy atom. The van der Waals surface area contributed by atoms with E-state index >= 15 is 0 Å². The Labute approximate surface area is 108 Å². The van der Waals surface area contributed by atoms with Gasteiger partial charge in [0.2, 0.25) is 5.91 Å². The molecule has 0 radical (unpaired) electrons. The third-order valence-corrected chi connectivity index (χ3v) is 2.86. The number of amides is 1. The van der Waals surface area contributed by atoms with Crippen LogP contribution in [-0.2, 0) is 4.79 Å². The summed E-state index contributed by atoms with van der Waals surface area (Å²) in [5.41, 5.74) is 0.120. The fourth-order valence-corrected chi connectivity index (χ4v) is 1.55. The number of benzene rings is 1. The second-order valence-electron chi connectivity index (χ2n) is 4.19. The monoisotopic (exact) mass is 303 g/mol. The molecule has 0 aliphatic heterocycles. The highest BCUT2D eigenvalue weighted by atomic mass is 79.9. The van der Waals surface area contributed by atoms with Crippen LogP contribution in [0.2, 0.25) is 0 Å². The minimum atomic E-state index is -0.714. The van der Waals surface area contributed by atoms with E-state index in [2.05, 4.69) is 21.2 Å². The van der Waals surface area contributed by atoms with Crippen LogP contribution < -0.4 is 5.32 Å². The number of carbonyl (C=O) groups excluding carboxylic acids is 1. The van der Waals surface area contributed by atoms with Crippen molar-refractivity contribution in [2.24, 2.45) is 5.92 Å². The molecule has 1 rings (SSSR count). The first kappa shape index (κ1) is 14.1. The fraction of sp³-hybridized carbons (Fsp3) is 0.417. The van der Waals surface area contributed by atoms with Crippen LogP contribution in [-0.4, -0.2) is 17.1 Å². The van der Waals surface area contributed by atoms with Gasteiger partial charge in [0.15, 0.2) is 0 Å². The molecule has 0 aromatic heterocycles. The molecule has 0 heterocycles. The number of rotatable bonds is 4. The van der Waals surface area contributed by atoms with Crippen LogP contribution in [0.4, 0.5) is 10.1 Å². The number of hydrogen-bond acceptors (Lipinski definition) is 2. The Bertz CT molecular complexity index is 409. The SMILES string of the molecule is CC(C)C(O)CC(=O)Nc1ccc(Br)cc1F. The van der Waals surface area contributed by atoms with Gasteiger partial charge < -0.3 is 10.4 Å². The van der Waals surface area contributed by atoms with E-state index in [1.807, 2.05) is 13.8 Å². The van der Waals surface area contributed by atoms with Crippen molar-refractivity contribution in [2.75, 3.05) is 5.32 Å². The first-order valence-electron chi connectivity index (χ1n) is 5.33. The summed E-state index contributed by atoms with van der Waals surface area (Å²) in [6.07, 6.45) is -0.749. The number of halogens is 2. The van der Waals surface area contributed by atoms with Crippen LogP contribution in [0.3, 0.4) is 0 Å². The van der Waals surface area contributed by atoms with Gasteiger partial charge in [0.05, 0.1) is 18.2 Å². The molecule has 1 aromatic rings. The molecule has 17 heavy (non-hydrogen) atoms. The van der Waals surface area contributed by atoms with Crippen molar-refractivity contribution in [1.29, 1.82) is 0 Å². The summed E-state index contributed by atoms with van der Waals surface area (Å²) in [5, 5.41) is 12.0. The normalized spacial score (nSPS) is 12.6. The molecule has 94 valence electrons. The molecule has 0 fully saturated rings. The van der Waals surface area contributed by atoms with E-state index in [-0.39, 0.29) is 18.0 Å². The van der Waals surface area contributed by atoms with Gasteiger partial charge in [-0.25, -0.2) is 4.39 Å². The third kappa shape index (κ3) is 4.44. The number of hydrogen-bond donors (Lipinski definition) is 2. The summed E-state index contributed by atoms with van der Waals surface area (Å²) < 4.78 is 14.0. The van der Waals surface area contributed by atoms with E-state index in [1.54, 1.807) is 6.07 Å². The molecule has 0 aliphatic rings. The van der Waals surface area contributed by atoms with Gasteiger partial charge in [0, 0.05) is 4.47 Å². The lowest BCUT2D eigenvalue weighted by atomic mass is 10.0.